The number of hydrogen-bond acceptors (Lipinski definition) is 6. The monoisotopic (exact) mass is 458 g/mol. The summed E-state index contributed by atoms with van der Waals surface area (Å²) in [6, 6.07) is 16.1. The minimum absolute atomic E-state index is 0.0230. The summed E-state index contributed by atoms with van der Waals surface area (Å²) < 4.78 is 22.8. The van der Waals surface area contributed by atoms with Crippen molar-refractivity contribution in [1.29, 1.82) is 0 Å². The molecule has 0 unspecified atom stereocenters. The predicted octanol–water partition coefficient (Wildman–Crippen LogP) is 5.66. The summed E-state index contributed by atoms with van der Waals surface area (Å²) in [6.45, 7) is 5.45. The fourth-order valence-electron chi connectivity index (χ4n) is 3.89. The molecule has 1 aromatic heterocycles. The van der Waals surface area contributed by atoms with Crippen LogP contribution in [0.2, 0.25) is 0 Å². The van der Waals surface area contributed by atoms with Crippen LogP contribution in [0.3, 0.4) is 0 Å². The van der Waals surface area contributed by atoms with E-state index in [1.165, 1.54) is 7.11 Å². The van der Waals surface area contributed by atoms with E-state index in [1.807, 2.05) is 39.0 Å². The zero-order valence-electron chi connectivity index (χ0n) is 19.9. The topological polar surface area (TPSA) is 75.0 Å². The molecule has 174 valence electrons. The van der Waals surface area contributed by atoms with Crippen molar-refractivity contribution in [2.24, 2.45) is 0 Å². The average molecular weight is 459 g/mol. The number of methoxy groups -OCH3 is 2. The molecule has 0 amide bonds. The first kappa shape index (κ1) is 23.1. The highest BCUT2D eigenvalue weighted by atomic mass is 16.5. The quantitative estimate of drug-likeness (QED) is 0.333. The van der Waals surface area contributed by atoms with Crippen LogP contribution in [-0.2, 0) is 0 Å². The lowest BCUT2D eigenvalue weighted by molar-refractivity contribution is 0.0920. The van der Waals surface area contributed by atoms with Crippen molar-refractivity contribution in [3.8, 4) is 28.6 Å². The van der Waals surface area contributed by atoms with Crippen molar-refractivity contribution in [2.75, 3.05) is 20.8 Å². The average Bonchev–Trinajstić information content (AvgIpc) is 2.83. The Hall–Kier alpha value is -4.06. The molecule has 0 atom stereocenters. The first-order valence-electron chi connectivity index (χ1n) is 10.9. The Morgan fingerprint density at radius 2 is 1.56 bits per heavy atom. The Bertz CT molecular complexity index is 1430. The van der Waals surface area contributed by atoms with Crippen LogP contribution in [0, 0.1) is 20.8 Å². The summed E-state index contributed by atoms with van der Waals surface area (Å²) >= 11 is 0. The molecule has 6 heteroatoms. The fraction of sp³-hybridized carbons (Fsp3) is 0.214. The smallest absolute Gasteiger partial charge is 0.235 e. The molecule has 4 rings (SSSR count). The molecule has 0 bridgehead atoms. The summed E-state index contributed by atoms with van der Waals surface area (Å²) in [5.74, 6) is 0.980. The lowest BCUT2D eigenvalue weighted by Gasteiger charge is -2.14. The van der Waals surface area contributed by atoms with Gasteiger partial charge in [-0.25, -0.2) is 0 Å². The van der Waals surface area contributed by atoms with E-state index in [1.54, 1.807) is 43.5 Å². The zero-order chi connectivity index (χ0) is 24.4. The molecule has 0 aliphatic rings. The van der Waals surface area contributed by atoms with Gasteiger partial charge in [0.05, 0.1) is 19.6 Å². The van der Waals surface area contributed by atoms with Crippen molar-refractivity contribution in [1.82, 2.24) is 0 Å². The Kier molecular flexibility index (Phi) is 6.41. The van der Waals surface area contributed by atoms with Crippen LogP contribution < -0.4 is 19.6 Å². The minimum Gasteiger partial charge on any atom is -0.493 e. The summed E-state index contributed by atoms with van der Waals surface area (Å²) in [5, 5.41) is 0.402. The number of fused-ring (bicyclic) bond motifs is 1. The molecule has 0 aliphatic carbocycles. The molecule has 0 aliphatic heterocycles. The Morgan fingerprint density at radius 1 is 0.853 bits per heavy atom. The number of Topliss-reactive ketones (excluding diaryl/α,β-unsaturated/α-hetero) is 1. The van der Waals surface area contributed by atoms with E-state index in [-0.39, 0.29) is 29.3 Å². The number of hydrogen-bond donors (Lipinski definition) is 0. The van der Waals surface area contributed by atoms with E-state index < -0.39 is 0 Å². The lowest BCUT2D eigenvalue weighted by Crippen LogP contribution is -2.17. The molecule has 0 spiro atoms. The van der Waals surface area contributed by atoms with E-state index in [4.69, 9.17) is 18.6 Å². The van der Waals surface area contributed by atoms with E-state index in [0.717, 1.165) is 16.7 Å². The molecular formula is C28H26O6. The summed E-state index contributed by atoms with van der Waals surface area (Å²) in [5.41, 5.74) is 4.01. The number of rotatable bonds is 7. The number of carbonyl (C=O) groups excluding carboxylic acids is 1. The van der Waals surface area contributed by atoms with Gasteiger partial charge in [-0.15, -0.1) is 0 Å². The maximum Gasteiger partial charge on any atom is 0.235 e. The second kappa shape index (κ2) is 9.43. The third-order valence-electron chi connectivity index (χ3n) is 5.65. The van der Waals surface area contributed by atoms with Gasteiger partial charge in [-0.2, -0.15) is 0 Å². The molecule has 0 radical (unpaired) electrons. The van der Waals surface area contributed by atoms with Gasteiger partial charge in [-0.1, -0.05) is 35.9 Å². The van der Waals surface area contributed by atoms with Gasteiger partial charge < -0.3 is 18.6 Å². The van der Waals surface area contributed by atoms with Gasteiger partial charge in [0, 0.05) is 11.1 Å². The Balaban J connectivity index is 1.85. The Labute approximate surface area is 197 Å². The normalized spacial score (nSPS) is 10.9. The van der Waals surface area contributed by atoms with Gasteiger partial charge in [0.25, 0.3) is 0 Å². The van der Waals surface area contributed by atoms with Crippen molar-refractivity contribution < 1.29 is 23.4 Å². The SMILES string of the molecule is COc1ccc(-c2oc3c(C)cc(C)cc3c(=O)c2OCC(=O)c2ccc(C)cc2)cc1OC. The first-order valence-corrected chi connectivity index (χ1v) is 10.9. The van der Waals surface area contributed by atoms with Gasteiger partial charge in [0.1, 0.15) is 5.58 Å². The molecule has 6 nitrogen and oxygen atoms in total. The first-order chi connectivity index (χ1) is 16.3. The van der Waals surface area contributed by atoms with Crippen LogP contribution in [-0.4, -0.2) is 26.6 Å². The van der Waals surface area contributed by atoms with Gasteiger partial charge in [0.15, 0.2) is 29.6 Å². The van der Waals surface area contributed by atoms with Crippen LogP contribution in [0.25, 0.3) is 22.3 Å². The van der Waals surface area contributed by atoms with Crippen LogP contribution in [0.1, 0.15) is 27.0 Å². The highest BCUT2D eigenvalue weighted by Crippen LogP contribution is 2.37. The largest absolute Gasteiger partial charge is 0.493 e. The number of ketones is 1. The van der Waals surface area contributed by atoms with Gasteiger partial charge in [0.2, 0.25) is 11.2 Å². The molecule has 0 N–H and O–H groups in total. The zero-order valence-corrected chi connectivity index (χ0v) is 19.9. The predicted molar refractivity (Wildman–Crippen MR) is 132 cm³/mol. The van der Waals surface area contributed by atoms with Crippen molar-refractivity contribution in [3.05, 3.63) is 87.1 Å². The van der Waals surface area contributed by atoms with Gasteiger partial charge in [-0.05, 0) is 56.2 Å². The molecule has 1 heterocycles. The van der Waals surface area contributed by atoms with E-state index >= 15 is 0 Å². The van der Waals surface area contributed by atoms with Gasteiger partial charge >= 0.3 is 0 Å². The summed E-state index contributed by atoms with van der Waals surface area (Å²) in [6.07, 6.45) is 0. The second-order valence-corrected chi connectivity index (χ2v) is 8.20. The number of benzene rings is 3. The fourth-order valence-corrected chi connectivity index (χ4v) is 3.89. The van der Waals surface area contributed by atoms with Crippen LogP contribution in [0.5, 0.6) is 17.2 Å². The number of aryl methyl sites for hydroxylation is 3. The standard InChI is InChI=1S/C28H26O6/c1-16-6-8-19(9-7-16)22(29)15-33-28-25(30)21-13-17(2)12-18(3)26(21)34-27(28)20-10-11-23(31-4)24(14-20)32-5/h6-14H,15H2,1-5H3. The minimum atomic E-state index is -0.338. The summed E-state index contributed by atoms with van der Waals surface area (Å²) in [7, 11) is 3.08. The van der Waals surface area contributed by atoms with Crippen LogP contribution in [0.4, 0.5) is 0 Å². The highest BCUT2D eigenvalue weighted by Gasteiger charge is 2.21. The van der Waals surface area contributed by atoms with Crippen molar-refractivity contribution in [2.45, 2.75) is 20.8 Å². The molecule has 0 saturated carbocycles. The number of carbonyl (C=O) groups is 1. The van der Waals surface area contributed by atoms with E-state index in [9.17, 15) is 9.59 Å². The molecule has 3 aromatic carbocycles. The lowest BCUT2D eigenvalue weighted by atomic mass is 10.0. The third-order valence-corrected chi connectivity index (χ3v) is 5.65. The highest BCUT2D eigenvalue weighted by molar-refractivity contribution is 5.97. The number of ether oxygens (including phenoxy) is 3. The van der Waals surface area contributed by atoms with Crippen LogP contribution in [0.15, 0.2) is 63.8 Å². The van der Waals surface area contributed by atoms with E-state index in [0.29, 0.717) is 33.6 Å². The van der Waals surface area contributed by atoms with Crippen molar-refractivity contribution in [3.63, 3.8) is 0 Å². The molecular weight excluding hydrogens is 432 g/mol. The second-order valence-electron chi connectivity index (χ2n) is 8.20. The maximum absolute atomic E-state index is 13.5. The Morgan fingerprint density at radius 3 is 2.24 bits per heavy atom. The molecule has 0 saturated heterocycles. The third kappa shape index (κ3) is 4.39. The van der Waals surface area contributed by atoms with Crippen LogP contribution >= 0.6 is 0 Å². The van der Waals surface area contributed by atoms with Gasteiger partial charge in [-0.3, -0.25) is 9.59 Å². The van der Waals surface area contributed by atoms with Crippen molar-refractivity contribution >= 4 is 16.8 Å². The molecule has 0 fully saturated rings. The molecule has 34 heavy (non-hydrogen) atoms. The molecule has 4 aromatic rings. The summed E-state index contributed by atoms with van der Waals surface area (Å²) in [4.78, 5) is 26.3. The van der Waals surface area contributed by atoms with E-state index in [2.05, 4.69) is 0 Å². The maximum atomic E-state index is 13.5.